The predicted molar refractivity (Wildman–Crippen MR) is 65.5 cm³/mol. The molecule has 0 amide bonds. The molecular formula is C12H25N3O. The molecule has 2 aliphatic heterocycles. The molecule has 2 fully saturated rings. The molecule has 2 aliphatic rings. The summed E-state index contributed by atoms with van der Waals surface area (Å²) in [6.45, 7) is 9.57. The second-order valence-electron chi connectivity index (χ2n) is 5.03. The van der Waals surface area contributed by atoms with Crippen molar-refractivity contribution in [3.8, 4) is 0 Å². The Morgan fingerprint density at radius 2 is 2.06 bits per heavy atom. The van der Waals surface area contributed by atoms with Gasteiger partial charge in [0.05, 0.1) is 6.61 Å². The third-order valence-electron chi connectivity index (χ3n) is 3.97. The molecule has 2 unspecified atom stereocenters. The zero-order valence-corrected chi connectivity index (χ0v) is 10.4. The second kappa shape index (κ2) is 5.96. The number of nitrogens with two attached hydrogens (primary N) is 1. The highest BCUT2D eigenvalue weighted by atomic mass is 16.5. The molecule has 0 aliphatic carbocycles. The topological polar surface area (TPSA) is 41.7 Å². The van der Waals surface area contributed by atoms with E-state index in [0.29, 0.717) is 12.1 Å². The number of rotatable bonds is 3. The van der Waals surface area contributed by atoms with Crippen LogP contribution in [0, 0.1) is 0 Å². The highest BCUT2D eigenvalue weighted by Crippen LogP contribution is 2.16. The number of ether oxygens (including phenoxy) is 1. The highest BCUT2D eigenvalue weighted by Gasteiger charge is 2.26. The first-order valence-corrected chi connectivity index (χ1v) is 6.57. The average molecular weight is 227 g/mol. The summed E-state index contributed by atoms with van der Waals surface area (Å²) in [5, 5.41) is 0. The van der Waals surface area contributed by atoms with E-state index in [9.17, 15) is 0 Å². The van der Waals surface area contributed by atoms with Crippen molar-refractivity contribution >= 4 is 0 Å². The van der Waals surface area contributed by atoms with Gasteiger partial charge >= 0.3 is 0 Å². The molecule has 0 aromatic carbocycles. The minimum Gasteiger partial charge on any atom is -0.380 e. The van der Waals surface area contributed by atoms with E-state index in [4.69, 9.17) is 10.5 Å². The number of nitrogens with zero attached hydrogens (tertiary/aromatic N) is 2. The van der Waals surface area contributed by atoms with Crippen molar-refractivity contribution in [3.05, 3.63) is 0 Å². The van der Waals surface area contributed by atoms with Gasteiger partial charge in [0.2, 0.25) is 0 Å². The van der Waals surface area contributed by atoms with Crippen LogP contribution < -0.4 is 5.73 Å². The van der Waals surface area contributed by atoms with Gasteiger partial charge in [-0.05, 0) is 19.8 Å². The first kappa shape index (κ1) is 12.3. The molecule has 0 saturated carbocycles. The van der Waals surface area contributed by atoms with Gasteiger partial charge in [-0.2, -0.15) is 0 Å². The molecule has 0 aromatic rings. The Bertz CT molecular complexity index is 198. The highest BCUT2D eigenvalue weighted by molar-refractivity contribution is 4.82. The summed E-state index contributed by atoms with van der Waals surface area (Å²) in [6.07, 6.45) is 2.54. The first-order chi connectivity index (χ1) is 7.81. The number of hydrogen-bond acceptors (Lipinski definition) is 4. The molecule has 4 heteroatoms. The lowest BCUT2D eigenvalue weighted by atomic mass is 10.1. The maximum atomic E-state index is 5.71. The molecule has 2 heterocycles. The smallest absolute Gasteiger partial charge is 0.0621 e. The first-order valence-electron chi connectivity index (χ1n) is 6.57. The van der Waals surface area contributed by atoms with Gasteiger partial charge < -0.3 is 10.5 Å². The maximum absolute atomic E-state index is 5.71. The van der Waals surface area contributed by atoms with Crippen molar-refractivity contribution in [1.82, 2.24) is 9.80 Å². The molecule has 0 aromatic heterocycles. The third-order valence-corrected chi connectivity index (χ3v) is 3.97. The molecule has 94 valence electrons. The van der Waals surface area contributed by atoms with E-state index in [1.165, 1.54) is 25.9 Å². The molecule has 0 bridgehead atoms. The van der Waals surface area contributed by atoms with Gasteiger partial charge in [-0.3, -0.25) is 9.80 Å². The molecular weight excluding hydrogens is 202 g/mol. The maximum Gasteiger partial charge on any atom is 0.0621 e. The lowest BCUT2D eigenvalue weighted by Gasteiger charge is -2.42. The Hall–Kier alpha value is -0.160. The van der Waals surface area contributed by atoms with Gasteiger partial charge in [-0.15, -0.1) is 0 Å². The molecule has 2 atom stereocenters. The van der Waals surface area contributed by atoms with Crippen molar-refractivity contribution in [3.63, 3.8) is 0 Å². The average Bonchev–Trinajstić information content (AvgIpc) is 2.39. The standard InChI is InChI=1S/C12H25N3O/c1-11(9-13)14-4-6-15(7-5-14)12-3-2-8-16-10-12/h11-12H,2-10,13H2,1H3. The van der Waals surface area contributed by atoms with Crippen LogP contribution in [-0.2, 0) is 4.74 Å². The van der Waals surface area contributed by atoms with E-state index >= 15 is 0 Å². The van der Waals surface area contributed by atoms with E-state index < -0.39 is 0 Å². The number of hydrogen-bond donors (Lipinski definition) is 1. The normalized spacial score (nSPS) is 31.5. The summed E-state index contributed by atoms with van der Waals surface area (Å²) in [5.41, 5.74) is 5.71. The summed E-state index contributed by atoms with van der Waals surface area (Å²) in [7, 11) is 0. The summed E-state index contributed by atoms with van der Waals surface area (Å²) in [5.74, 6) is 0. The lowest BCUT2D eigenvalue weighted by Crippen LogP contribution is -2.55. The fourth-order valence-corrected chi connectivity index (χ4v) is 2.70. The summed E-state index contributed by atoms with van der Waals surface area (Å²) >= 11 is 0. The summed E-state index contributed by atoms with van der Waals surface area (Å²) in [6, 6.07) is 1.20. The molecule has 2 rings (SSSR count). The van der Waals surface area contributed by atoms with E-state index in [0.717, 1.165) is 32.8 Å². The predicted octanol–water partition coefficient (Wildman–Crippen LogP) is 0.130. The second-order valence-corrected chi connectivity index (χ2v) is 5.03. The lowest BCUT2D eigenvalue weighted by molar-refractivity contribution is -0.00623. The third kappa shape index (κ3) is 2.94. The van der Waals surface area contributed by atoms with E-state index in [-0.39, 0.29) is 0 Å². The van der Waals surface area contributed by atoms with Gasteiger partial charge in [0.15, 0.2) is 0 Å². The molecule has 0 radical (unpaired) electrons. The fourth-order valence-electron chi connectivity index (χ4n) is 2.70. The molecule has 2 N–H and O–H groups in total. The van der Waals surface area contributed by atoms with Crippen molar-refractivity contribution in [2.24, 2.45) is 5.73 Å². The van der Waals surface area contributed by atoms with Gasteiger partial charge in [0.25, 0.3) is 0 Å². The Kier molecular flexibility index (Phi) is 4.58. The SMILES string of the molecule is CC(CN)N1CCN(C2CCCOC2)CC1. The van der Waals surface area contributed by atoms with Crippen LogP contribution in [0.1, 0.15) is 19.8 Å². The molecule has 16 heavy (non-hydrogen) atoms. The molecule has 0 spiro atoms. The van der Waals surface area contributed by atoms with Crippen LogP contribution in [0.3, 0.4) is 0 Å². The van der Waals surface area contributed by atoms with Crippen LogP contribution in [0.25, 0.3) is 0 Å². The molecule has 4 nitrogen and oxygen atoms in total. The Morgan fingerprint density at radius 1 is 1.31 bits per heavy atom. The fraction of sp³-hybridized carbons (Fsp3) is 1.00. The van der Waals surface area contributed by atoms with Crippen LogP contribution in [0.5, 0.6) is 0 Å². The Labute approximate surface area is 98.7 Å². The van der Waals surface area contributed by atoms with Crippen molar-refractivity contribution in [1.29, 1.82) is 0 Å². The minimum atomic E-state index is 0.532. The molecule has 2 saturated heterocycles. The summed E-state index contributed by atoms with van der Waals surface area (Å²) < 4.78 is 5.56. The zero-order valence-electron chi connectivity index (χ0n) is 10.4. The van der Waals surface area contributed by atoms with E-state index in [1.54, 1.807) is 0 Å². The zero-order chi connectivity index (χ0) is 11.4. The summed E-state index contributed by atoms with van der Waals surface area (Å²) in [4.78, 5) is 5.10. The monoisotopic (exact) mass is 227 g/mol. The van der Waals surface area contributed by atoms with Crippen LogP contribution >= 0.6 is 0 Å². The van der Waals surface area contributed by atoms with Crippen LogP contribution in [-0.4, -0.2) is 67.8 Å². The van der Waals surface area contributed by atoms with Gasteiger partial charge in [-0.25, -0.2) is 0 Å². The van der Waals surface area contributed by atoms with E-state index in [1.807, 2.05) is 0 Å². The minimum absolute atomic E-state index is 0.532. The van der Waals surface area contributed by atoms with Crippen molar-refractivity contribution < 1.29 is 4.74 Å². The van der Waals surface area contributed by atoms with Gasteiger partial charge in [-0.1, -0.05) is 0 Å². The quantitative estimate of drug-likeness (QED) is 0.744. The largest absolute Gasteiger partial charge is 0.380 e. The Morgan fingerprint density at radius 3 is 2.62 bits per heavy atom. The van der Waals surface area contributed by atoms with Crippen LogP contribution in [0.15, 0.2) is 0 Å². The van der Waals surface area contributed by atoms with Gasteiger partial charge in [0.1, 0.15) is 0 Å². The number of piperazine rings is 1. The van der Waals surface area contributed by atoms with Crippen LogP contribution in [0.2, 0.25) is 0 Å². The van der Waals surface area contributed by atoms with Crippen molar-refractivity contribution in [2.75, 3.05) is 45.9 Å². The van der Waals surface area contributed by atoms with E-state index in [2.05, 4.69) is 16.7 Å². The Balaban J connectivity index is 1.75. The van der Waals surface area contributed by atoms with Gasteiger partial charge in [0, 0.05) is 51.4 Å². The van der Waals surface area contributed by atoms with Crippen LogP contribution in [0.4, 0.5) is 0 Å². The van der Waals surface area contributed by atoms with Crippen molar-refractivity contribution in [2.45, 2.75) is 31.8 Å².